The standard InChI is InChI=1S/C29H26ClIN2O5S/c1-6-12-37-26-18(13-19(30)15-21(26)31)14-23-27(34)33-25(20-10-8-9-11-22(20)38-16(3)4)24(28(35)36-7-2)17(5)32-29(33)39-23/h1,8-11,13-16,25H,7,12H2,2-5H3/b23-14-/t25-/m0/s1. The maximum absolute atomic E-state index is 14.0. The molecule has 0 saturated heterocycles. The van der Waals surface area contributed by atoms with Gasteiger partial charge in [-0.3, -0.25) is 9.36 Å². The molecule has 0 N–H and O–H groups in total. The van der Waals surface area contributed by atoms with E-state index in [4.69, 9.17) is 32.2 Å². The summed E-state index contributed by atoms with van der Waals surface area (Å²) in [5, 5.41) is 0.490. The topological polar surface area (TPSA) is 79.1 Å². The number of carbonyl (C=O) groups is 1. The number of fused-ring (bicyclic) bond motifs is 1. The molecule has 0 amide bonds. The summed E-state index contributed by atoms with van der Waals surface area (Å²) >= 11 is 9.66. The molecule has 2 heterocycles. The van der Waals surface area contributed by atoms with Gasteiger partial charge in [0.25, 0.3) is 5.56 Å². The smallest absolute Gasteiger partial charge is 0.338 e. The van der Waals surface area contributed by atoms with E-state index in [9.17, 15) is 9.59 Å². The van der Waals surface area contributed by atoms with E-state index in [2.05, 4.69) is 33.5 Å². The summed E-state index contributed by atoms with van der Waals surface area (Å²) < 4.78 is 19.9. The zero-order valence-electron chi connectivity index (χ0n) is 21.8. The first-order chi connectivity index (χ1) is 18.7. The van der Waals surface area contributed by atoms with Gasteiger partial charge in [-0.25, -0.2) is 9.79 Å². The van der Waals surface area contributed by atoms with Crippen LogP contribution < -0.4 is 24.4 Å². The Balaban J connectivity index is 2.00. The highest BCUT2D eigenvalue weighted by atomic mass is 127. The van der Waals surface area contributed by atoms with Gasteiger partial charge in [-0.05, 0) is 74.6 Å². The third kappa shape index (κ3) is 6.08. The average Bonchev–Trinajstić information content (AvgIpc) is 3.17. The van der Waals surface area contributed by atoms with Gasteiger partial charge < -0.3 is 14.2 Å². The number of carbonyl (C=O) groups excluding carboxylic acids is 1. The number of para-hydroxylation sites is 1. The number of ether oxygens (including phenoxy) is 3. The molecule has 0 spiro atoms. The molecule has 1 atom stereocenters. The van der Waals surface area contributed by atoms with Crippen LogP contribution in [0.15, 0.2) is 57.5 Å². The number of thiazole rings is 1. The lowest BCUT2D eigenvalue weighted by Gasteiger charge is -2.26. The van der Waals surface area contributed by atoms with Crippen molar-refractivity contribution in [2.24, 2.45) is 4.99 Å². The van der Waals surface area contributed by atoms with Gasteiger partial charge in [0.2, 0.25) is 0 Å². The molecule has 39 heavy (non-hydrogen) atoms. The Morgan fingerprint density at radius 2 is 2.08 bits per heavy atom. The summed E-state index contributed by atoms with van der Waals surface area (Å²) in [6, 6.07) is 10.0. The van der Waals surface area contributed by atoms with Gasteiger partial charge in [-0.2, -0.15) is 0 Å². The molecule has 202 valence electrons. The van der Waals surface area contributed by atoms with Crippen molar-refractivity contribution in [1.29, 1.82) is 0 Å². The lowest BCUT2D eigenvalue weighted by atomic mass is 9.95. The SMILES string of the molecule is C#CCOc1c(I)cc(Cl)cc1/C=c1\sc2n(c1=O)[C@@H](c1ccccc1OC(C)C)C(C(=O)OCC)=C(C)N=2. The molecule has 0 bridgehead atoms. The van der Waals surface area contributed by atoms with Gasteiger partial charge in [0.1, 0.15) is 24.1 Å². The molecule has 0 aliphatic carbocycles. The Labute approximate surface area is 248 Å². The molecule has 4 rings (SSSR count). The van der Waals surface area contributed by atoms with Crippen LogP contribution in [0.25, 0.3) is 6.08 Å². The molecule has 0 radical (unpaired) electrons. The summed E-state index contributed by atoms with van der Waals surface area (Å²) in [7, 11) is 0. The van der Waals surface area contributed by atoms with E-state index in [-0.39, 0.29) is 30.5 Å². The normalized spacial score (nSPS) is 15.0. The van der Waals surface area contributed by atoms with Crippen molar-refractivity contribution in [1.82, 2.24) is 4.57 Å². The Morgan fingerprint density at radius 3 is 2.77 bits per heavy atom. The number of hydrogen-bond donors (Lipinski definition) is 0. The third-order valence-electron chi connectivity index (χ3n) is 5.72. The summed E-state index contributed by atoms with van der Waals surface area (Å²) in [6.45, 7) is 7.57. The van der Waals surface area contributed by atoms with Crippen LogP contribution in [-0.4, -0.2) is 29.9 Å². The Hall–Kier alpha value is -3.07. The highest BCUT2D eigenvalue weighted by Gasteiger charge is 2.35. The number of nitrogens with zero attached hydrogens (tertiary/aromatic N) is 2. The van der Waals surface area contributed by atoms with E-state index in [1.54, 1.807) is 32.1 Å². The quantitative estimate of drug-likeness (QED) is 0.194. The predicted octanol–water partition coefficient (Wildman–Crippen LogP) is 4.86. The second kappa shape index (κ2) is 12.4. The molecule has 0 unspecified atom stereocenters. The van der Waals surface area contributed by atoms with Gasteiger partial charge in [0, 0.05) is 16.1 Å². The minimum absolute atomic E-state index is 0.0639. The zero-order valence-corrected chi connectivity index (χ0v) is 25.5. The van der Waals surface area contributed by atoms with Crippen LogP contribution in [0.2, 0.25) is 5.02 Å². The first-order valence-corrected chi connectivity index (χ1v) is 14.4. The molecular formula is C29H26ClIN2O5S. The maximum Gasteiger partial charge on any atom is 0.338 e. The van der Waals surface area contributed by atoms with E-state index >= 15 is 0 Å². The van der Waals surface area contributed by atoms with Crippen molar-refractivity contribution < 1.29 is 19.0 Å². The highest BCUT2D eigenvalue weighted by molar-refractivity contribution is 14.1. The molecular weight excluding hydrogens is 651 g/mol. The molecule has 1 aliphatic heterocycles. The Morgan fingerprint density at radius 1 is 1.33 bits per heavy atom. The third-order valence-corrected chi connectivity index (χ3v) is 7.72. The molecule has 3 aromatic rings. The lowest BCUT2D eigenvalue weighted by molar-refractivity contribution is -0.139. The van der Waals surface area contributed by atoms with Crippen molar-refractivity contribution in [2.45, 2.75) is 39.8 Å². The minimum Gasteiger partial charge on any atom is -0.491 e. The monoisotopic (exact) mass is 676 g/mol. The second-order valence-electron chi connectivity index (χ2n) is 8.81. The van der Waals surface area contributed by atoms with E-state index in [1.807, 2.05) is 38.1 Å². The number of esters is 1. The number of aromatic nitrogens is 1. The number of halogens is 2. The molecule has 7 nitrogen and oxygen atoms in total. The molecule has 2 aromatic carbocycles. The van der Waals surface area contributed by atoms with E-state index in [1.165, 1.54) is 15.9 Å². The molecule has 1 aromatic heterocycles. The van der Waals surface area contributed by atoms with Crippen molar-refractivity contribution in [3.8, 4) is 23.8 Å². The van der Waals surface area contributed by atoms with Crippen LogP contribution in [0, 0.1) is 15.9 Å². The van der Waals surface area contributed by atoms with Gasteiger partial charge in [-0.15, -0.1) is 6.42 Å². The van der Waals surface area contributed by atoms with E-state index < -0.39 is 12.0 Å². The first kappa shape index (κ1) is 28.9. The van der Waals surface area contributed by atoms with E-state index in [0.717, 1.165) is 3.57 Å². The van der Waals surface area contributed by atoms with Crippen LogP contribution in [-0.2, 0) is 9.53 Å². The van der Waals surface area contributed by atoms with Crippen LogP contribution in [0.1, 0.15) is 44.9 Å². The second-order valence-corrected chi connectivity index (χ2v) is 11.4. The number of hydrogen-bond acceptors (Lipinski definition) is 7. The molecule has 0 fully saturated rings. The van der Waals surface area contributed by atoms with Crippen LogP contribution in [0.3, 0.4) is 0 Å². The zero-order chi connectivity index (χ0) is 28.3. The Bertz CT molecular complexity index is 1680. The van der Waals surface area contributed by atoms with E-state index in [0.29, 0.717) is 42.7 Å². The largest absolute Gasteiger partial charge is 0.491 e. The number of terminal acetylenes is 1. The molecule has 10 heteroatoms. The molecule has 1 aliphatic rings. The number of benzene rings is 2. The summed E-state index contributed by atoms with van der Waals surface area (Å²) in [6.07, 6.45) is 6.99. The maximum atomic E-state index is 14.0. The fourth-order valence-corrected chi connectivity index (χ4v) is 6.50. The van der Waals surface area contributed by atoms with Crippen LogP contribution >= 0.6 is 45.5 Å². The highest BCUT2D eigenvalue weighted by Crippen LogP contribution is 2.36. The van der Waals surface area contributed by atoms with Gasteiger partial charge in [-0.1, -0.05) is 47.1 Å². The van der Waals surface area contributed by atoms with Gasteiger partial charge in [0.05, 0.1) is 32.1 Å². The average molecular weight is 677 g/mol. The molecule has 0 saturated carbocycles. The fourth-order valence-electron chi connectivity index (χ4n) is 4.25. The van der Waals surface area contributed by atoms with Crippen molar-refractivity contribution in [3.63, 3.8) is 0 Å². The van der Waals surface area contributed by atoms with Crippen LogP contribution in [0.4, 0.5) is 0 Å². The van der Waals surface area contributed by atoms with Crippen LogP contribution in [0.5, 0.6) is 11.5 Å². The van der Waals surface area contributed by atoms with Gasteiger partial charge >= 0.3 is 5.97 Å². The fraction of sp³-hybridized carbons (Fsp3) is 0.276. The van der Waals surface area contributed by atoms with Crippen molar-refractivity contribution in [2.75, 3.05) is 13.2 Å². The summed E-state index contributed by atoms with van der Waals surface area (Å²) in [4.78, 5) is 32.3. The minimum atomic E-state index is -0.797. The first-order valence-electron chi connectivity index (χ1n) is 12.2. The summed E-state index contributed by atoms with van der Waals surface area (Å²) in [5.74, 6) is 3.02. The lowest BCUT2D eigenvalue weighted by Crippen LogP contribution is -2.40. The summed E-state index contributed by atoms with van der Waals surface area (Å²) in [5.41, 5.74) is 1.70. The predicted molar refractivity (Wildman–Crippen MR) is 161 cm³/mol. The Kier molecular flexibility index (Phi) is 9.20. The number of rotatable bonds is 8. The van der Waals surface area contributed by atoms with Gasteiger partial charge in [0.15, 0.2) is 4.80 Å². The van der Waals surface area contributed by atoms with Crippen molar-refractivity contribution in [3.05, 3.63) is 87.1 Å². The number of allylic oxidation sites excluding steroid dienone is 1. The van der Waals surface area contributed by atoms with Crippen molar-refractivity contribution >= 4 is 57.6 Å².